The van der Waals surface area contributed by atoms with E-state index in [1.54, 1.807) is 0 Å². The van der Waals surface area contributed by atoms with E-state index in [9.17, 15) is 0 Å². The number of rotatable bonds is 6. The van der Waals surface area contributed by atoms with E-state index < -0.39 is 0 Å². The first-order valence-corrected chi connectivity index (χ1v) is 19.6. The zero-order chi connectivity index (χ0) is 37.0. The highest BCUT2D eigenvalue weighted by Gasteiger charge is 2.23. The van der Waals surface area contributed by atoms with Crippen LogP contribution in [0.4, 0.5) is 0 Å². The van der Waals surface area contributed by atoms with Gasteiger partial charge in [-0.1, -0.05) is 158 Å². The van der Waals surface area contributed by atoms with Crippen molar-refractivity contribution in [1.82, 2.24) is 19.5 Å². The molecular weight excluding hydrogens is 701 g/mol. The van der Waals surface area contributed by atoms with Crippen LogP contribution in [0, 0.1) is 0 Å². The van der Waals surface area contributed by atoms with Gasteiger partial charge in [-0.2, -0.15) is 0 Å². The number of para-hydroxylation sites is 2. The summed E-state index contributed by atoms with van der Waals surface area (Å²) >= 11 is 1.86. The van der Waals surface area contributed by atoms with E-state index in [1.807, 2.05) is 35.6 Å². The summed E-state index contributed by atoms with van der Waals surface area (Å²) in [5.41, 5.74) is 13.6. The normalized spacial score (nSPS) is 11.6. The molecule has 0 saturated carbocycles. The third-order valence-corrected chi connectivity index (χ3v) is 11.8. The Morgan fingerprint density at radius 3 is 1.71 bits per heavy atom. The molecule has 0 spiro atoms. The molecule has 262 valence electrons. The van der Waals surface area contributed by atoms with Crippen LogP contribution in [0.1, 0.15) is 0 Å². The molecule has 0 radical (unpaired) electrons. The molecule has 0 bridgehead atoms. The Hall–Kier alpha value is -7.21. The Kier molecular flexibility index (Phi) is 7.64. The molecule has 7 aromatic carbocycles. The van der Waals surface area contributed by atoms with Gasteiger partial charge in [0.2, 0.25) is 0 Å². The lowest BCUT2D eigenvalue weighted by atomic mass is 10.0. The quantitative estimate of drug-likeness (QED) is 0.171. The number of fused-ring (bicyclic) bond motifs is 7. The van der Waals surface area contributed by atoms with Crippen LogP contribution in [0.3, 0.4) is 0 Å². The van der Waals surface area contributed by atoms with Crippen molar-refractivity contribution in [2.75, 3.05) is 0 Å². The summed E-state index contributed by atoms with van der Waals surface area (Å²) in [6, 6.07) is 68.1. The molecular formula is C51H32N4S. The summed E-state index contributed by atoms with van der Waals surface area (Å²) in [6.45, 7) is 0. The lowest BCUT2D eigenvalue weighted by Gasteiger charge is -2.13. The lowest BCUT2D eigenvalue weighted by molar-refractivity contribution is 1.17. The molecule has 0 aliphatic carbocycles. The Bertz CT molecular complexity index is 3240. The Morgan fingerprint density at radius 2 is 0.964 bits per heavy atom. The molecule has 0 atom stereocenters. The van der Waals surface area contributed by atoms with Gasteiger partial charge in [-0.25, -0.2) is 15.0 Å². The summed E-state index contributed by atoms with van der Waals surface area (Å²) < 4.78 is 4.94. The third kappa shape index (κ3) is 5.40. The SMILES string of the molecule is c1ccc(-c2cccc(-c3cc(-c4cccc(-n5c6ccccc6c6sc7c8ccccc8nc(-c8ccccc8)c7c65)c4)nc(-c4ccccc4)n3)c2)cc1. The lowest BCUT2D eigenvalue weighted by Crippen LogP contribution is -1.98. The van der Waals surface area contributed by atoms with Gasteiger partial charge in [-0.05, 0) is 47.5 Å². The van der Waals surface area contributed by atoms with Crippen molar-refractivity contribution in [3.8, 4) is 62.0 Å². The third-order valence-electron chi connectivity index (χ3n) is 10.6. The summed E-state index contributed by atoms with van der Waals surface area (Å²) in [6.07, 6.45) is 0. The molecule has 11 rings (SSSR count). The second-order valence-corrected chi connectivity index (χ2v) is 15.0. The van der Waals surface area contributed by atoms with Gasteiger partial charge in [-0.15, -0.1) is 11.3 Å². The molecule has 0 aliphatic rings. The standard InChI is InChI=1S/C51H32N4S/c1-4-16-33(17-5-1)36-22-14-23-37(30-36)43-32-44(54-51(53-43)35-20-8-3-9-21-35)38-24-15-25-39(31-38)55-45-29-13-11-27-41(45)50-48(55)46-47(34-18-6-2-7-19-34)52-42-28-12-10-26-40(42)49(46)56-50/h1-32H. The van der Waals surface area contributed by atoms with E-state index in [1.165, 1.54) is 36.6 Å². The van der Waals surface area contributed by atoms with Crippen LogP contribution in [0.25, 0.3) is 104 Å². The molecule has 0 saturated heterocycles. The fourth-order valence-electron chi connectivity index (χ4n) is 7.97. The largest absolute Gasteiger partial charge is 0.308 e. The maximum Gasteiger partial charge on any atom is 0.160 e. The first-order valence-electron chi connectivity index (χ1n) is 18.8. The predicted molar refractivity (Wildman–Crippen MR) is 234 cm³/mol. The molecule has 0 aliphatic heterocycles. The maximum atomic E-state index is 5.34. The number of benzene rings is 7. The van der Waals surface area contributed by atoms with E-state index in [4.69, 9.17) is 15.0 Å². The van der Waals surface area contributed by atoms with Gasteiger partial charge in [0.05, 0.1) is 38.3 Å². The molecule has 4 heterocycles. The fraction of sp³-hybridized carbons (Fsp3) is 0. The van der Waals surface area contributed by atoms with Crippen molar-refractivity contribution >= 4 is 53.4 Å². The van der Waals surface area contributed by atoms with Crippen molar-refractivity contribution in [3.63, 3.8) is 0 Å². The minimum Gasteiger partial charge on any atom is -0.308 e. The van der Waals surface area contributed by atoms with Crippen LogP contribution in [-0.2, 0) is 0 Å². The highest BCUT2D eigenvalue weighted by molar-refractivity contribution is 7.27. The second kappa shape index (κ2) is 13.3. The van der Waals surface area contributed by atoms with Crippen LogP contribution in [0.2, 0.25) is 0 Å². The van der Waals surface area contributed by atoms with Crippen LogP contribution >= 0.6 is 11.3 Å². The number of aromatic nitrogens is 4. The Balaban J connectivity index is 1.15. The number of thiophene rings is 1. The van der Waals surface area contributed by atoms with Gasteiger partial charge < -0.3 is 4.57 Å². The number of pyridine rings is 1. The zero-order valence-electron chi connectivity index (χ0n) is 30.2. The van der Waals surface area contributed by atoms with E-state index in [2.05, 4.69) is 174 Å². The highest BCUT2D eigenvalue weighted by Crippen LogP contribution is 2.47. The van der Waals surface area contributed by atoms with Gasteiger partial charge in [0, 0.05) is 48.8 Å². The van der Waals surface area contributed by atoms with Gasteiger partial charge >= 0.3 is 0 Å². The van der Waals surface area contributed by atoms with Gasteiger partial charge in [0.1, 0.15) is 0 Å². The first-order chi connectivity index (χ1) is 27.8. The Labute approximate surface area is 327 Å². The summed E-state index contributed by atoms with van der Waals surface area (Å²) in [5, 5.41) is 3.57. The van der Waals surface area contributed by atoms with Crippen molar-refractivity contribution in [1.29, 1.82) is 0 Å². The van der Waals surface area contributed by atoms with Gasteiger partial charge in [-0.3, -0.25) is 0 Å². The molecule has 4 nitrogen and oxygen atoms in total. The summed E-state index contributed by atoms with van der Waals surface area (Å²) in [5.74, 6) is 0.691. The average molecular weight is 733 g/mol. The van der Waals surface area contributed by atoms with Crippen LogP contribution < -0.4 is 0 Å². The number of hydrogen-bond acceptors (Lipinski definition) is 4. The molecule has 0 unspecified atom stereocenters. The predicted octanol–water partition coefficient (Wildman–Crippen LogP) is 13.7. The molecule has 56 heavy (non-hydrogen) atoms. The van der Waals surface area contributed by atoms with E-state index in [0.717, 1.165) is 61.6 Å². The van der Waals surface area contributed by atoms with E-state index >= 15 is 0 Å². The van der Waals surface area contributed by atoms with Gasteiger partial charge in [0.25, 0.3) is 0 Å². The fourth-order valence-corrected chi connectivity index (χ4v) is 9.33. The second-order valence-electron chi connectivity index (χ2n) is 14.0. The summed E-state index contributed by atoms with van der Waals surface area (Å²) in [4.78, 5) is 15.7. The molecule has 0 N–H and O–H groups in total. The van der Waals surface area contributed by atoms with Crippen molar-refractivity contribution in [3.05, 3.63) is 194 Å². The topological polar surface area (TPSA) is 43.6 Å². The summed E-state index contributed by atoms with van der Waals surface area (Å²) in [7, 11) is 0. The van der Waals surface area contributed by atoms with Crippen molar-refractivity contribution in [2.24, 2.45) is 0 Å². The minimum absolute atomic E-state index is 0.691. The van der Waals surface area contributed by atoms with E-state index in [0.29, 0.717) is 5.82 Å². The molecule has 0 amide bonds. The molecule has 11 aromatic rings. The molecule has 0 fully saturated rings. The number of nitrogens with zero attached hydrogens (tertiary/aromatic N) is 4. The van der Waals surface area contributed by atoms with Gasteiger partial charge in [0.15, 0.2) is 5.82 Å². The van der Waals surface area contributed by atoms with Crippen LogP contribution in [0.15, 0.2) is 194 Å². The molecule has 5 heteroatoms. The monoisotopic (exact) mass is 732 g/mol. The van der Waals surface area contributed by atoms with E-state index in [-0.39, 0.29) is 0 Å². The highest BCUT2D eigenvalue weighted by atomic mass is 32.1. The average Bonchev–Trinajstić information content (AvgIpc) is 3.82. The van der Waals surface area contributed by atoms with Crippen molar-refractivity contribution in [2.45, 2.75) is 0 Å². The first kappa shape index (κ1) is 32.2. The zero-order valence-corrected chi connectivity index (χ0v) is 31.0. The smallest absolute Gasteiger partial charge is 0.160 e. The van der Waals surface area contributed by atoms with Crippen molar-refractivity contribution < 1.29 is 0 Å². The Morgan fingerprint density at radius 1 is 0.393 bits per heavy atom. The number of hydrogen-bond donors (Lipinski definition) is 0. The molecule has 4 aromatic heterocycles. The van der Waals surface area contributed by atoms with Crippen LogP contribution in [-0.4, -0.2) is 19.5 Å². The van der Waals surface area contributed by atoms with Crippen LogP contribution in [0.5, 0.6) is 0 Å². The maximum absolute atomic E-state index is 5.34. The minimum atomic E-state index is 0.691.